The highest BCUT2D eigenvalue weighted by atomic mass is 16.5. The average Bonchev–Trinajstić information content (AvgIpc) is 3.12. The summed E-state index contributed by atoms with van der Waals surface area (Å²) in [5.74, 6) is 0.521. The Bertz CT molecular complexity index is 1010. The van der Waals surface area contributed by atoms with Gasteiger partial charge in [-0.2, -0.15) is 0 Å². The van der Waals surface area contributed by atoms with Crippen molar-refractivity contribution >= 4 is 23.8 Å². The third-order valence-corrected chi connectivity index (χ3v) is 10.5. The van der Waals surface area contributed by atoms with Crippen LogP contribution >= 0.6 is 0 Å². The summed E-state index contributed by atoms with van der Waals surface area (Å²) in [7, 11) is 0. The Morgan fingerprint density at radius 2 is 1.77 bits per heavy atom. The molecule has 0 aromatic heterocycles. The summed E-state index contributed by atoms with van der Waals surface area (Å²) in [6.45, 7) is 11.3. The number of ether oxygens (including phenoxy) is 3. The number of fused-ring (bicyclic) bond motifs is 5. The van der Waals surface area contributed by atoms with E-state index in [0.717, 1.165) is 44.9 Å². The van der Waals surface area contributed by atoms with Gasteiger partial charge in [-0.3, -0.25) is 19.2 Å². The van der Waals surface area contributed by atoms with Crippen molar-refractivity contribution in [3.63, 3.8) is 0 Å². The van der Waals surface area contributed by atoms with Gasteiger partial charge in [-0.15, -0.1) is 0 Å². The van der Waals surface area contributed by atoms with Gasteiger partial charge < -0.3 is 19.5 Å². The van der Waals surface area contributed by atoms with Crippen molar-refractivity contribution in [3.05, 3.63) is 11.6 Å². The van der Waals surface area contributed by atoms with E-state index in [1.165, 1.54) is 26.3 Å². The third-order valence-electron chi connectivity index (χ3n) is 10.5. The predicted molar refractivity (Wildman–Crippen MR) is 145 cm³/mol. The number of rotatable bonds is 8. The van der Waals surface area contributed by atoms with E-state index >= 15 is 0 Å². The van der Waals surface area contributed by atoms with Gasteiger partial charge in [0.1, 0.15) is 12.2 Å². The molecule has 0 bridgehead atoms. The molecule has 0 aromatic carbocycles. The minimum absolute atomic E-state index is 0.0246. The standard InChI is InChI=1S/C31H47NO7/c1-18(17-37-20(3)34)7-10-28(36)39-27-16-26-24-9-8-22-15-23(38-21(4)35)11-13-30(22,5)25(24)12-14-31(26,6)29(27)32-19(2)33/h8,18,23-27,29H,7,9-17H2,1-6H3,(H,32,33). The van der Waals surface area contributed by atoms with Crippen LogP contribution in [0.4, 0.5) is 0 Å². The highest BCUT2D eigenvalue weighted by molar-refractivity contribution is 5.74. The molecule has 4 rings (SSSR count). The monoisotopic (exact) mass is 545 g/mol. The Morgan fingerprint density at radius 3 is 2.44 bits per heavy atom. The molecule has 0 spiro atoms. The van der Waals surface area contributed by atoms with Crippen molar-refractivity contribution in [1.82, 2.24) is 5.32 Å². The molecule has 3 fully saturated rings. The second-order valence-electron chi connectivity index (χ2n) is 13.2. The molecular formula is C31H47NO7. The second-order valence-corrected chi connectivity index (χ2v) is 13.2. The Morgan fingerprint density at radius 1 is 1.03 bits per heavy atom. The van der Waals surface area contributed by atoms with E-state index < -0.39 is 0 Å². The lowest BCUT2D eigenvalue weighted by Gasteiger charge is -2.57. The lowest BCUT2D eigenvalue weighted by atomic mass is 9.48. The first-order valence-electron chi connectivity index (χ1n) is 14.8. The molecule has 9 atom stereocenters. The van der Waals surface area contributed by atoms with Crippen LogP contribution in [0.25, 0.3) is 0 Å². The van der Waals surface area contributed by atoms with Crippen LogP contribution < -0.4 is 5.32 Å². The van der Waals surface area contributed by atoms with Crippen LogP contribution in [-0.4, -0.2) is 48.7 Å². The van der Waals surface area contributed by atoms with E-state index in [1.54, 1.807) is 0 Å². The first kappa shape index (κ1) is 29.6. The van der Waals surface area contributed by atoms with E-state index in [-0.39, 0.29) is 65.2 Å². The number of esters is 3. The summed E-state index contributed by atoms with van der Waals surface area (Å²) in [6, 6.07) is -0.207. The SMILES string of the molecule is CC(=O)NC1C(OC(=O)CCC(C)COC(C)=O)CC2C3CC=C4CC(OC(C)=O)CCC4(C)C3CCC21C. The number of hydrogen-bond acceptors (Lipinski definition) is 7. The maximum Gasteiger partial charge on any atom is 0.306 e. The number of hydrogen-bond donors (Lipinski definition) is 1. The first-order valence-corrected chi connectivity index (χ1v) is 14.8. The molecule has 8 heteroatoms. The number of carbonyl (C=O) groups excluding carboxylic acids is 4. The Kier molecular flexibility index (Phi) is 8.82. The van der Waals surface area contributed by atoms with Crippen LogP contribution in [0.2, 0.25) is 0 Å². The maximum atomic E-state index is 12.9. The van der Waals surface area contributed by atoms with Crippen molar-refractivity contribution in [3.8, 4) is 0 Å². The van der Waals surface area contributed by atoms with E-state index in [2.05, 4.69) is 25.2 Å². The molecule has 8 nitrogen and oxygen atoms in total. The van der Waals surface area contributed by atoms with Gasteiger partial charge in [0.15, 0.2) is 0 Å². The van der Waals surface area contributed by atoms with Crippen LogP contribution in [0.1, 0.15) is 99.3 Å². The third kappa shape index (κ3) is 6.19. The van der Waals surface area contributed by atoms with Gasteiger partial charge in [0.05, 0.1) is 12.6 Å². The van der Waals surface area contributed by atoms with Gasteiger partial charge in [0, 0.05) is 33.6 Å². The second kappa shape index (κ2) is 11.6. The van der Waals surface area contributed by atoms with Crippen LogP contribution in [0.5, 0.6) is 0 Å². The molecule has 1 N–H and O–H groups in total. The largest absolute Gasteiger partial charge is 0.466 e. The Balaban J connectivity index is 1.47. The van der Waals surface area contributed by atoms with Crippen molar-refractivity contribution in [1.29, 1.82) is 0 Å². The van der Waals surface area contributed by atoms with Gasteiger partial charge >= 0.3 is 17.9 Å². The van der Waals surface area contributed by atoms with Crippen LogP contribution in [0.3, 0.4) is 0 Å². The van der Waals surface area contributed by atoms with Crippen molar-refractivity contribution in [2.75, 3.05) is 6.61 Å². The fourth-order valence-corrected chi connectivity index (χ4v) is 8.48. The van der Waals surface area contributed by atoms with Gasteiger partial charge in [-0.05, 0) is 79.4 Å². The minimum Gasteiger partial charge on any atom is -0.466 e. The molecule has 3 saturated carbocycles. The molecule has 9 unspecified atom stereocenters. The van der Waals surface area contributed by atoms with Crippen molar-refractivity contribution in [2.24, 2.45) is 34.5 Å². The first-order chi connectivity index (χ1) is 18.3. The van der Waals surface area contributed by atoms with Crippen LogP contribution in [-0.2, 0) is 33.4 Å². The maximum absolute atomic E-state index is 12.9. The Hall–Kier alpha value is -2.38. The summed E-state index contributed by atoms with van der Waals surface area (Å²) < 4.78 is 16.7. The van der Waals surface area contributed by atoms with Crippen LogP contribution in [0.15, 0.2) is 11.6 Å². The molecule has 0 aliphatic heterocycles. The number of carbonyl (C=O) groups is 4. The van der Waals surface area contributed by atoms with Gasteiger partial charge in [-0.25, -0.2) is 0 Å². The molecule has 0 heterocycles. The van der Waals surface area contributed by atoms with E-state index in [4.69, 9.17) is 14.2 Å². The molecule has 0 saturated heterocycles. The number of nitrogens with one attached hydrogen (secondary N) is 1. The molecule has 4 aliphatic carbocycles. The zero-order valence-corrected chi connectivity index (χ0v) is 24.5. The quantitative estimate of drug-likeness (QED) is 0.263. The summed E-state index contributed by atoms with van der Waals surface area (Å²) in [5, 5.41) is 3.18. The summed E-state index contributed by atoms with van der Waals surface area (Å²) in [5.41, 5.74) is 1.39. The van der Waals surface area contributed by atoms with Gasteiger partial charge in [0.25, 0.3) is 0 Å². The van der Waals surface area contributed by atoms with Gasteiger partial charge in [-0.1, -0.05) is 32.4 Å². The highest BCUT2D eigenvalue weighted by Crippen LogP contribution is 2.65. The molecule has 0 radical (unpaired) electrons. The molecule has 39 heavy (non-hydrogen) atoms. The van der Waals surface area contributed by atoms with E-state index in [9.17, 15) is 19.2 Å². The highest BCUT2D eigenvalue weighted by Gasteiger charge is 2.62. The molecule has 218 valence electrons. The van der Waals surface area contributed by atoms with Crippen molar-refractivity contribution < 1.29 is 33.4 Å². The summed E-state index contributed by atoms with van der Waals surface area (Å²) in [4.78, 5) is 47.8. The zero-order chi connectivity index (χ0) is 28.5. The predicted octanol–water partition coefficient (Wildman–Crippen LogP) is 4.89. The topological polar surface area (TPSA) is 108 Å². The molecule has 1 amide bonds. The molecule has 4 aliphatic rings. The Labute approximate surface area is 233 Å². The normalized spacial score (nSPS) is 37.7. The smallest absolute Gasteiger partial charge is 0.306 e. The van der Waals surface area contributed by atoms with Gasteiger partial charge in [0.2, 0.25) is 5.91 Å². The summed E-state index contributed by atoms with van der Waals surface area (Å²) >= 11 is 0. The molecule has 0 aromatic rings. The zero-order valence-electron chi connectivity index (χ0n) is 24.5. The van der Waals surface area contributed by atoms with E-state index in [0.29, 0.717) is 30.8 Å². The van der Waals surface area contributed by atoms with E-state index in [1.807, 2.05) is 6.92 Å². The lowest BCUT2D eigenvalue weighted by Crippen LogP contribution is -2.55. The lowest BCUT2D eigenvalue weighted by molar-refractivity contribution is -0.152. The number of allylic oxidation sites excluding steroid dienone is 1. The average molecular weight is 546 g/mol. The fraction of sp³-hybridized carbons (Fsp3) is 0.806. The van der Waals surface area contributed by atoms with Crippen molar-refractivity contribution in [2.45, 2.75) is 118 Å². The number of amides is 1. The minimum atomic E-state index is -0.350. The summed E-state index contributed by atoms with van der Waals surface area (Å²) in [6.07, 6.45) is 9.38. The fourth-order valence-electron chi connectivity index (χ4n) is 8.48. The van der Waals surface area contributed by atoms with Crippen LogP contribution in [0, 0.1) is 34.5 Å². The molecular weight excluding hydrogens is 498 g/mol.